The number of rotatable bonds is 2. The Hall–Kier alpha value is -0.970. The van der Waals surface area contributed by atoms with E-state index < -0.39 is 5.60 Å². The number of halogens is 1. The molecule has 0 aromatic rings. The number of amides is 1. The maximum atomic E-state index is 12.0. The van der Waals surface area contributed by atoms with Crippen molar-refractivity contribution in [3.63, 3.8) is 0 Å². The summed E-state index contributed by atoms with van der Waals surface area (Å²) in [7, 11) is 0. The van der Waals surface area contributed by atoms with Gasteiger partial charge in [-0.05, 0) is 40.5 Å². The van der Waals surface area contributed by atoms with E-state index in [2.05, 4.69) is 0 Å². The summed E-state index contributed by atoms with van der Waals surface area (Å²) in [6.07, 6.45) is 0.832. The number of ether oxygens (including phenoxy) is 2. The molecule has 6 heteroatoms. The Bertz CT molecular complexity index is 340. The van der Waals surface area contributed by atoms with Crippen molar-refractivity contribution in [2.45, 2.75) is 52.2 Å². The van der Waals surface area contributed by atoms with E-state index in [0.717, 1.165) is 0 Å². The summed E-state index contributed by atoms with van der Waals surface area (Å²) >= 11 is 5.38. The number of carbonyl (C=O) groups excluding carboxylic acids is 2. The van der Waals surface area contributed by atoms with Gasteiger partial charge < -0.3 is 14.4 Å². The van der Waals surface area contributed by atoms with Crippen LogP contribution in [0.25, 0.3) is 0 Å². The van der Waals surface area contributed by atoms with Gasteiger partial charge in [-0.25, -0.2) is 4.79 Å². The zero-order valence-corrected chi connectivity index (χ0v) is 12.7. The minimum absolute atomic E-state index is 0.0449. The summed E-state index contributed by atoms with van der Waals surface area (Å²) in [5.74, 6) is -0.474. The molecule has 19 heavy (non-hydrogen) atoms. The molecule has 1 aliphatic heterocycles. The predicted molar refractivity (Wildman–Crippen MR) is 71.9 cm³/mol. The summed E-state index contributed by atoms with van der Waals surface area (Å²) < 4.78 is 10.1. The van der Waals surface area contributed by atoms with Crippen molar-refractivity contribution in [2.24, 2.45) is 5.92 Å². The molecule has 1 rings (SSSR count). The topological polar surface area (TPSA) is 55.8 Å². The van der Waals surface area contributed by atoms with Crippen LogP contribution < -0.4 is 0 Å². The van der Waals surface area contributed by atoms with Gasteiger partial charge in [0.2, 0.25) is 0 Å². The van der Waals surface area contributed by atoms with Crippen LogP contribution in [0.2, 0.25) is 0 Å². The first-order chi connectivity index (χ1) is 8.74. The second-order valence-corrected chi connectivity index (χ2v) is 6.03. The highest BCUT2D eigenvalue weighted by Gasteiger charge is 2.35. The minimum Gasteiger partial charge on any atom is -0.449 e. The lowest BCUT2D eigenvalue weighted by atomic mass is 9.92. The Balaban J connectivity index is 2.55. The third-order valence-electron chi connectivity index (χ3n) is 3.03. The Kier molecular flexibility index (Phi) is 5.47. The van der Waals surface area contributed by atoms with Crippen LogP contribution in [-0.4, -0.2) is 41.2 Å². The summed E-state index contributed by atoms with van der Waals surface area (Å²) in [5.41, 5.74) is -0.509. The molecule has 0 spiro atoms. The molecule has 1 amide bonds. The maximum Gasteiger partial charge on any atom is 0.410 e. The largest absolute Gasteiger partial charge is 0.449 e. The highest BCUT2D eigenvalue weighted by Crippen LogP contribution is 2.25. The van der Waals surface area contributed by atoms with Crippen LogP contribution in [-0.2, 0) is 14.3 Å². The van der Waals surface area contributed by atoms with E-state index in [1.807, 2.05) is 27.7 Å². The van der Waals surface area contributed by atoms with Crippen molar-refractivity contribution >= 4 is 23.7 Å². The number of hydrogen-bond donors (Lipinski definition) is 0. The highest BCUT2D eigenvalue weighted by atomic mass is 35.5. The second-order valence-electron chi connectivity index (χ2n) is 5.82. The number of hydrogen-bond acceptors (Lipinski definition) is 4. The van der Waals surface area contributed by atoms with Gasteiger partial charge in [0.1, 0.15) is 5.60 Å². The van der Waals surface area contributed by atoms with Crippen LogP contribution in [0, 0.1) is 5.92 Å². The average molecular weight is 292 g/mol. The molecule has 110 valence electrons. The molecule has 1 aliphatic rings. The number of nitrogens with zero attached hydrogens (tertiary/aromatic N) is 1. The van der Waals surface area contributed by atoms with Crippen LogP contribution in [0.3, 0.4) is 0 Å². The molecule has 0 aliphatic carbocycles. The standard InChI is InChI=1S/C13H22ClNO4/c1-9-7-10(11(16)18-8-14)5-6-15(9)12(17)19-13(2,3)4/h9-10H,5-8H2,1-4H3/t9-,10+/m1/s1. The SMILES string of the molecule is C[C@@H]1C[C@@H](C(=O)OCCl)CCN1C(=O)OC(C)(C)C. The van der Waals surface area contributed by atoms with Crippen molar-refractivity contribution < 1.29 is 19.1 Å². The first-order valence-electron chi connectivity index (χ1n) is 6.47. The van der Waals surface area contributed by atoms with Crippen molar-refractivity contribution in [3.8, 4) is 0 Å². The molecule has 0 aromatic heterocycles. The Morgan fingerprint density at radius 3 is 2.47 bits per heavy atom. The van der Waals surface area contributed by atoms with Gasteiger partial charge in [-0.2, -0.15) is 0 Å². The van der Waals surface area contributed by atoms with Crippen LogP contribution in [0.5, 0.6) is 0 Å². The summed E-state index contributed by atoms with van der Waals surface area (Å²) in [6.45, 7) is 7.91. The zero-order chi connectivity index (χ0) is 14.6. The first kappa shape index (κ1) is 16.1. The summed E-state index contributed by atoms with van der Waals surface area (Å²) in [6, 6.07) is -0.170. The van der Waals surface area contributed by atoms with Crippen molar-refractivity contribution in [1.29, 1.82) is 0 Å². The van der Waals surface area contributed by atoms with Gasteiger partial charge in [-0.1, -0.05) is 11.6 Å². The fourth-order valence-corrected chi connectivity index (χ4v) is 2.26. The number of alkyl halides is 1. The molecule has 0 N–H and O–H groups in total. The van der Waals surface area contributed by atoms with E-state index in [9.17, 15) is 9.59 Å². The fraction of sp³-hybridized carbons (Fsp3) is 0.846. The first-order valence-corrected chi connectivity index (χ1v) is 7.00. The molecular weight excluding hydrogens is 270 g/mol. The van der Waals surface area contributed by atoms with Crippen LogP contribution in [0.1, 0.15) is 40.5 Å². The third kappa shape index (κ3) is 4.90. The monoisotopic (exact) mass is 291 g/mol. The molecule has 1 saturated heterocycles. The van der Waals surface area contributed by atoms with Crippen molar-refractivity contribution in [1.82, 2.24) is 4.90 Å². The summed E-state index contributed by atoms with van der Waals surface area (Å²) in [5, 5.41) is 0. The lowest BCUT2D eigenvalue weighted by Crippen LogP contribution is -2.48. The average Bonchev–Trinajstić information content (AvgIpc) is 2.26. The molecule has 1 fully saturated rings. The fourth-order valence-electron chi connectivity index (χ4n) is 2.15. The highest BCUT2D eigenvalue weighted by molar-refractivity contribution is 6.17. The van der Waals surface area contributed by atoms with E-state index in [1.54, 1.807) is 4.90 Å². The van der Waals surface area contributed by atoms with E-state index >= 15 is 0 Å². The van der Waals surface area contributed by atoms with Gasteiger partial charge in [0.05, 0.1) is 5.92 Å². The molecular formula is C13H22ClNO4. The molecule has 2 atom stereocenters. The molecule has 5 nitrogen and oxygen atoms in total. The minimum atomic E-state index is -0.509. The molecule has 0 aromatic carbocycles. The normalized spacial score (nSPS) is 23.9. The van der Waals surface area contributed by atoms with Gasteiger partial charge in [0, 0.05) is 12.6 Å². The Morgan fingerprint density at radius 2 is 2.00 bits per heavy atom. The van der Waals surface area contributed by atoms with Crippen LogP contribution >= 0.6 is 11.6 Å². The maximum absolute atomic E-state index is 12.0. The molecule has 0 unspecified atom stereocenters. The predicted octanol–water partition coefficient (Wildman–Crippen LogP) is 2.76. The molecule has 0 saturated carbocycles. The molecule has 0 bridgehead atoms. The summed E-state index contributed by atoms with van der Waals surface area (Å²) in [4.78, 5) is 25.3. The van der Waals surface area contributed by atoms with Crippen molar-refractivity contribution in [3.05, 3.63) is 0 Å². The lowest BCUT2D eigenvalue weighted by Gasteiger charge is -2.37. The van der Waals surface area contributed by atoms with Gasteiger partial charge in [0.15, 0.2) is 6.07 Å². The second kappa shape index (κ2) is 6.46. The smallest absolute Gasteiger partial charge is 0.410 e. The van der Waals surface area contributed by atoms with Gasteiger partial charge in [-0.3, -0.25) is 4.79 Å². The Labute approximate surface area is 119 Å². The molecule has 1 heterocycles. The quantitative estimate of drug-likeness (QED) is 0.580. The van der Waals surface area contributed by atoms with Gasteiger partial charge in [0.25, 0.3) is 0 Å². The number of likely N-dealkylation sites (tertiary alicyclic amines) is 1. The Morgan fingerprint density at radius 1 is 1.37 bits per heavy atom. The van der Waals surface area contributed by atoms with Crippen LogP contribution in [0.15, 0.2) is 0 Å². The van der Waals surface area contributed by atoms with Gasteiger partial charge in [-0.15, -0.1) is 0 Å². The number of esters is 1. The van der Waals surface area contributed by atoms with E-state index in [-0.39, 0.29) is 30.1 Å². The van der Waals surface area contributed by atoms with Crippen LogP contribution in [0.4, 0.5) is 4.79 Å². The van der Waals surface area contributed by atoms with E-state index in [0.29, 0.717) is 19.4 Å². The zero-order valence-electron chi connectivity index (χ0n) is 11.9. The number of carbonyl (C=O) groups is 2. The number of piperidine rings is 1. The third-order valence-corrected chi connectivity index (χ3v) is 3.14. The van der Waals surface area contributed by atoms with Crippen molar-refractivity contribution in [2.75, 3.05) is 12.6 Å². The lowest BCUT2D eigenvalue weighted by molar-refractivity contribution is -0.148. The molecule has 0 radical (unpaired) electrons. The van der Waals surface area contributed by atoms with E-state index in [1.165, 1.54) is 0 Å². The van der Waals surface area contributed by atoms with Gasteiger partial charge >= 0.3 is 12.1 Å². The van der Waals surface area contributed by atoms with E-state index in [4.69, 9.17) is 21.1 Å².